The van der Waals surface area contributed by atoms with Gasteiger partial charge in [-0.25, -0.2) is 0 Å². The molecule has 19 heavy (non-hydrogen) atoms. The molecule has 1 atom stereocenters. The number of halogens is 2. The van der Waals surface area contributed by atoms with Gasteiger partial charge >= 0.3 is 0 Å². The van der Waals surface area contributed by atoms with Crippen molar-refractivity contribution >= 4 is 44.8 Å². The highest BCUT2D eigenvalue weighted by Crippen LogP contribution is 2.26. The molecule has 0 saturated heterocycles. The minimum absolute atomic E-state index is 0.147. The Bertz CT molecular complexity index is 572. The Hall–Kier alpha value is -0.840. The van der Waals surface area contributed by atoms with E-state index in [1.165, 1.54) is 11.3 Å². The van der Waals surface area contributed by atoms with E-state index in [9.17, 15) is 4.79 Å². The van der Waals surface area contributed by atoms with E-state index in [0.717, 1.165) is 5.56 Å². The van der Waals surface area contributed by atoms with Gasteiger partial charge in [-0.2, -0.15) is 0 Å². The Morgan fingerprint density at radius 2 is 2.05 bits per heavy atom. The van der Waals surface area contributed by atoms with E-state index in [2.05, 4.69) is 21.2 Å². The lowest BCUT2D eigenvalue weighted by Crippen LogP contribution is -2.44. The van der Waals surface area contributed by atoms with Gasteiger partial charge < -0.3 is 5.32 Å². The second kappa shape index (κ2) is 6.07. The Balaban J connectivity index is 2.25. The Kier molecular flexibility index (Phi) is 4.66. The molecule has 0 spiro atoms. The van der Waals surface area contributed by atoms with Crippen LogP contribution in [0.5, 0.6) is 0 Å². The van der Waals surface area contributed by atoms with Gasteiger partial charge in [0, 0.05) is 5.33 Å². The lowest BCUT2D eigenvalue weighted by atomic mass is 9.94. The largest absolute Gasteiger partial charge is 0.341 e. The van der Waals surface area contributed by atoms with Crippen LogP contribution in [0.15, 0.2) is 41.8 Å². The Morgan fingerprint density at radius 3 is 2.58 bits per heavy atom. The fourth-order valence-corrected chi connectivity index (χ4v) is 3.25. The van der Waals surface area contributed by atoms with Gasteiger partial charge in [0.05, 0.1) is 10.6 Å². The molecule has 1 aromatic heterocycles. The third kappa shape index (κ3) is 3.19. The van der Waals surface area contributed by atoms with E-state index < -0.39 is 5.54 Å². The summed E-state index contributed by atoms with van der Waals surface area (Å²) in [6.07, 6.45) is 0. The van der Waals surface area contributed by atoms with E-state index in [4.69, 9.17) is 11.6 Å². The van der Waals surface area contributed by atoms with Crippen LogP contribution in [0, 0.1) is 0 Å². The maximum Gasteiger partial charge on any atom is 0.263 e. The van der Waals surface area contributed by atoms with Crippen LogP contribution in [-0.2, 0) is 5.54 Å². The minimum Gasteiger partial charge on any atom is -0.341 e. The van der Waals surface area contributed by atoms with Crippen molar-refractivity contribution in [1.29, 1.82) is 0 Å². The first-order chi connectivity index (χ1) is 9.07. The SMILES string of the molecule is CC(CBr)(NC(=O)c1sccc1Cl)c1ccccc1. The van der Waals surface area contributed by atoms with Gasteiger partial charge in [-0.1, -0.05) is 57.9 Å². The number of rotatable bonds is 4. The van der Waals surface area contributed by atoms with Gasteiger partial charge in [0.15, 0.2) is 0 Å². The van der Waals surface area contributed by atoms with Crippen molar-refractivity contribution in [3.63, 3.8) is 0 Å². The number of benzene rings is 1. The number of amides is 1. The highest BCUT2D eigenvalue weighted by Gasteiger charge is 2.28. The number of alkyl halides is 1. The van der Waals surface area contributed by atoms with Crippen molar-refractivity contribution in [2.45, 2.75) is 12.5 Å². The van der Waals surface area contributed by atoms with Crippen molar-refractivity contribution in [3.8, 4) is 0 Å². The maximum absolute atomic E-state index is 12.3. The summed E-state index contributed by atoms with van der Waals surface area (Å²) in [7, 11) is 0. The molecule has 0 radical (unpaired) electrons. The minimum atomic E-state index is -0.467. The summed E-state index contributed by atoms with van der Waals surface area (Å²) in [5, 5.41) is 5.97. The molecular weight excluding hydrogens is 346 g/mol. The number of hydrogen-bond donors (Lipinski definition) is 1. The van der Waals surface area contributed by atoms with E-state index in [1.54, 1.807) is 6.07 Å². The summed E-state index contributed by atoms with van der Waals surface area (Å²) >= 11 is 10.8. The maximum atomic E-state index is 12.3. The molecular formula is C14H13BrClNOS. The van der Waals surface area contributed by atoms with Gasteiger partial charge in [0.2, 0.25) is 0 Å². The summed E-state index contributed by atoms with van der Waals surface area (Å²) in [5.74, 6) is -0.147. The van der Waals surface area contributed by atoms with Crippen LogP contribution >= 0.6 is 38.9 Å². The quantitative estimate of drug-likeness (QED) is 0.804. The first kappa shape index (κ1) is 14.6. The molecule has 1 heterocycles. The van der Waals surface area contributed by atoms with Gasteiger partial charge in [0.1, 0.15) is 4.88 Å². The summed E-state index contributed by atoms with van der Waals surface area (Å²) < 4.78 is 0. The summed E-state index contributed by atoms with van der Waals surface area (Å²) in [4.78, 5) is 12.8. The number of carbonyl (C=O) groups is 1. The molecule has 0 saturated carbocycles. The zero-order valence-corrected chi connectivity index (χ0v) is 13.5. The van der Waals surface area contributed by atoms with Crippen molar-refractivity contribution in [2.24, 2.45) is 0 Å². The topological polar surface area (TPSA) is 29.1 Å². The van der Waals surface area contributed by atoms with Crippen molar-refractivity contribution in [2.75, 3.05) is 5.33 Å². The first-order valence-corrected chi connectivity index (χ1v) is 8.12. The van der Waals surface area contributed by atoms with Crippen molar-refractivity contribution in [1.82, 2.24) is 5.32 Å². The molecule has 5 heteroatoms. The summed E-state index contributed by atoms with van der Waals surface area (Å²) in [6.45, 7) is 1.98. The molecule has 2 nitrogen and oxygen atoms in total. The first-order valence-electron chi connectivity index (χ1n) is 5.74. The van der Waals surface area contributed by atoms with E-state index in [-0.39, 0.29) is 5.91 Å². The van der Waals surface area contributed by atoms with Crippen LogP contribution in [0.25, 0.3) is 0 Å². The molecule has 0 aliphatic carbocycles. The Labute approximate surface area is 129 Å². The second-order valence-electron chi connectivity index (χ2n) is 4.38. The third-order valence-corrected chi connectivity index (χ3v) is 5.35. The molecule has 0 aliphatic heterocycles. The average Bonchev–Trinajstić information content (AvgIpc) is 2.86. The second-order valence-corrected chi connectivity index (χ2v) is 6.27. The zero-order valence-electron chi connectivity index (χ0n) is 10.3. The van der Waals surface area contributed by atoms with Crippen LogP contribution in [0.4, 0.5) is 0 Å². The van der Waals surface area contributed by atoms with Gasteiger partial charge in [-0.05, 0) is 23.9 Å². The fraction of sp³-hybridized carbons (Fsp3) is 0.214. The number of hydrogen-bond acceptors (Lipinski definition) is 2. The molecule has 1 N–H and O–H groups in total. The molecule has 1 aromatic carbocycles. The van der Waals surface area contributed by atoms with E-state index in [0.29, 0.717) is 15.2 Å². The highest BCUT2D eigenvalue weighted by atomic mass is 79.9. The van der Waals surface area contributed by atoms with Gasteiger partial charge in [0.25, 0.3) is 5.91 Å². The van der Waals surface area contributed by atoms with Crippen LogP contribution in [0.3, 0.4) is 0 Å². The van der Waals surface area contributed by atoms with Crippen LogP contribution in [-0.4, -0.2) is 11.2 Å². The normalized spacial score (nSPS) is 13.8. The van der Waals surface area contributed by atoms with Crippen molar-refractivity contribution < 1.29 is 4.79 Å². The third-order valence-electron chi connectivity index (χ3n) is 2.89. The van der Waals surface area contributed by atoms with Crippen LogP contribution in [0.2, 0.25) is 5.02 Å². The van der Waals surface area contributed by atoms with Crippen molar-refractivity contribution in [3.05, 3.63) is 57.2 Å². The predicted octanol–water partition coefficient (Wildman–Crippen LogP) is 4.44. The Morgan fingerprint density at radius 1 is 1.37 bits per heavy atom. The lowest BCUT2D eigenvalue weighted by molar-refractivity contribution is 0.0918. The molecule has 1 amide bonds. The van der Waals surface area contributed by atoms with Crippen LogP contribution < -0.4 is 5.32 Å². The number of thiophene rings is 1. The highest BCUT2D eigenvalue weighted by molar-refractivity contribution is 9.09. The van der Waals surface area contributed by atoms with Crippen LogP contribution in [0.1, 0.15) is 22.2 Å². The molecule has 100 valence electrons. The standard InChI is InChI=1S/C14H13BrClNOS/c1-14(9-15,10-5-3-2-4-6-10)17-13(18)12-11(16)7-8-19-12/h2-8H,9H2,1H3,(H,17,18). The average molecular weight is 359 g/mol. The molecule has 2 rings (SSSR count). The molecule has 0 aliphatic rings. The molecule has 1 unspecified atom stereocenters. The summed E-state index contributed by atoms with van der Waals surface area (Å²) in [6, 6.07) is 11.6. The van der Waals surface area contributed by atoms with Gasteiger partial charge in [-0.15, -0.1) is 11.3 Å². The number of carbonyl (C=O) groups excluding carboxylic acids is 1. The smallest absolute Gasteiger partial charge is 0.263 e. The van der Waals surface area contributed by atoms with Gasteiger partial charge in [-0.3, -0.25) is 4.79 Å². The predicted molar refractivity (Wildman–Crippen MR) is 84.4 cm³/mol. The van der Waals surface area contributed by atoms with E-state index >= 15 is 0 Å². The summed E-state index contributed by atoms with van der Waals surface area (Å²) in [5.41, 5.74) is 0.582. The van der Waals surface area contributed by atoms with E-state index in [1.807, 2.05) is 42.6 Å². The monoisotopic (exact) mass is 357 g/mol. The molecule has 0 bridgehead atoms. The number of nitrogens with one attached hydrogen (secondary N) is 1. The molecule has 2 aromatic rings. The fourth-order valence-electron chi connectivity index (χ4n) is 1.75. The zero-order chi connectivity index (χ0) is 13.9. The molecule has 0 fully saturated rings. The lowest BCUT2D eigenvalue weighted by Gasteiger charge is -2.29.